The molecule has 1 unspecified atom stereocenters. The fraction of sp³-hybridized carbons (Fsp3) is 0.391. The number of hydrogen-bond donors (Lipinski definition) is 1. The summed E-state index contributed by atoms with van der Waals surface area (Å²) in [7, 11) is 0. The van der Waals surface area contributed by atoms with Gasteiger partial charge in [-0.25, -0.2) is 8.78 Å². The van der Waals surface area contributed by atoms with Gasteiger partial charge in [-0.1, -0.05) is 0 Å². The van der Waals surface area contributed by atoms with Crippen molar-refractivity contribution in [2.24, 2.45) is 5.92 Å². The molecular weight excluding hydrogens is 390 g/mol. The summed E-state index contributed by atoms with van der Waals surface area (Å²) < 4.78 is 31.4. The average molecular weight is 416 g/mol. The van der Waals surface area contributed by atoms with E-state index in [0.717, 1.165) is 25.7 Å². The van der Waals surface area contributed by atoms with Crippen molar-refractivity contribution in [2.45, 2.75) is 25.7 Å². The highest BCUT2D eigenvalue weighted by molar-refractivity contribution is 5.94. The van der Waals surface area contributed by atoms with Crippen molar-refractivity contribution in [1.29, 1.82) is 0 Å². The van der Waals surface area contributed by atoms with Crippen LogP contribution in [0.1, 0.15) is 36.0 Å². The number of likely N-dealkylation sites (tertiary alicyclic amines) is 1. The predicted molar refractivity (Wildman–Crippen MR) is 109 cm³/mol. The molecule has 2 aromatic carbocycles. The van der Waals surface area contributed by atoms with Crippen LogP contribution >= 0.6 is 0 Å². The molecule has 1 fully saturated rings. The molecule has 1 aliphatic heterocycles. The highest BCUT2D eigenvalue weighted by Gasteiger charge is 2.28. The third-order valence-electron chi connectivity index (χ3n) is 5.12. The van der Waals surface area contributed by atoms with Crippen LogP contribution in [0.5, 0.6) is 5.75 Å². The van der Waals surface area contributed by atoms with E-state index in [0.29, 0.717) is 37.6 Å². The van der Waals surface area contributed by atoms with Crippen molar-refractivity contribution in [2.75, 3.05) is 26.2 Å². The van der Waals surface area contributed by atoms with Gasteiger partial charge in [0.15, 0.2) is 0 Å². The second-order valence-corrected chi connectivity index (χ2v) is 7.40. The molecule has 5 nitrogen and oxygen atoms in total. The molecule has 1 aliphatic rings. The van der Waals surface area contributed by atoms with E-state index in [9.17, 15) is 18.4 Å². The van der Waals surface area contributed by atoms with Crippen LogP contribution in [0.4, 0.5) is 8.78 Å². The van der Waals surface area contributed by atoms with Crippen LogP contribution in [0.25, 0.3) is 0 Å². The Morgan fingerprint density at radius 2 is 1.67 bits per heavy atom. The molecule has 160 valence electrons. The number of nitrogens with one attached hydrogen (secondary N) is 1. The lowest BCUT2D eigenvalue weighted by molar-refractivity contribution is -0.126. The van der Waals surface area contributed by atoms with Gasteiger partial charge in [0.05, 0.1) is 12.5 Å². The zero-order chi connectivity index (χ0) is 21.3. The number of nitrogens with zero attached hydrogens (tertiary/aromatic N) is 1. The Bertz CT molecular complexity index is 841. The van der Waals surface area contributed by atoms with Gasteiger partial charge in [-0.3, -0.25) is 9.59 Å². The standard InChI is InChI=1S/C23H26F2N2O3/c24-19-7-5-17(6-8-19)23(29)27-14-3-4-18(16-27)22(28)26-13-1-2-15-30-21-11-9-20(25)10-12-21/h5-12,18H,1-4,13-16H2,(H,26,28). The summed E-state index contributed by atoms with van der Waals surface area (Å²) in [5, 5.41) is 2.93. The first-order chi connectivity index (χ1) is 14.5. The van der Waals surface area contributed by atoms with Crippen LogP contribution < -0.4 is 10.1 Å². The maximum Gasteiger partial charge on any atom is 0.253 e. The summed E-state index contributed by atoms with van der Waals surface area (Å²) in [6.07, 6.45) is 3.03. The number of amides is 2. The summed E-state index contributed by atoms with van der Waals surface area (Å²) in [5.41, 5.74) is 0.429. The average Bonchev–Trinajstić information content (AvgIpc) is 2.77. The zero-order valence-electron chi connectivity index (χ0n) is 16.8. The molecule has 0 aliphatic carbocycles. The van der Waals surface area contributed by atoms with E-state index in [-0.39, 0.29) is 29.4 Å². The Kier molecular flexibility index (Phi) is 7.76. The highest BCUT2D eigenvalue weighted by Crippen LogP contribution is 2.19. The van der Waals surface area contributed by atoms with Crippen molar-refractivity contribution in [3.63, 3.8) is 0 Å². The van der Waals surface area contributed by atoms with Crippen LogP contribution in [0.15, 0.2) is 48.5 Å². The fourth-order valence-corrected chi connectivity index (χ4v) is 3.45. The third kappa shape index (κ3) is 6.27. The number of ether oxygens (including phenoxy) is 1. The maximum atomic E-state index is 13.1. The largest absolute Gasteiger partial charge is 0.494 e. The van der Waals surface area contributed by atoms with Gasteiger partial charge in [0.25, 0.3) is 5.91 Å². The molecule has 1 N–H and O–H groups in total. The van der Waals surface area contributed by atoms with E-state index in [2.05, 4.69) is 5.32 Å². The zero-order valence-corrected chi connectivity index (χ0v) is 16.8. The summed E-state index contributed by atoms with van der Waals surface area (Å²) >= 11 is 0. The molecular formula is C23H26F2N2O3. The summed E-state index contributed by atoms with van der Waals surface area (Å²) in [4.78, 5) is 26.7. The number of piperidine rings is 1. The second kappa shape index (κ2) is 10.7. The molecule has 2 aromatic rings. The van der Waals surface area contributed by atoms with Crippen molar-refractivity contribution >= 4 is 11.8 Å². The van der Waals surface area contributed by atoms with E-state index in [4.69, 9.17) is 4.74 Å². The van der Waals surface area contributed by atoms with Gasteiger partial charge in [0, 0.05) is 25.2 Å². The molecule has 2 amide bonds. The Balaban J connectivity index is 1.36. The van der Waals surface area contributed by atoms with Crippen molar-refractivity contribution in [3.8, 4) is 5.75 Å². The second-order valence-electron chi connectivity index (χ2n) is 7.40. The Labute approximate surface area is 175 Å². The van der Waals surface area contributed by atoms with Crippen molar-refractivity contribution in [3.05, 3.63) is 65.7 Å². The summed E-state index contributed by atoms with van der Waals surface area (Å²) in [6.45, 7) is 2.00. The van der Waals surface area contributed by atoms with E-state index < -0.39 is 0 Å². The van der Waals surface area contributed by atoms with Crippen LogP contribution in [-0.2, 0) is 4.79 Å². The molecule has 30 heavy (non-hydrogen) atoms. The van der Waals surface area contributed by atoms with E-state index in [1.54, 1.807) is 17.0 Å². The molecule has 1 atom stereocenters. The van der Waals surface area contributed by atoms with Gasteiger partial charge in [-0.05, 0) is 74.2 Å². The quantitative estimate of drug-likeness (QED) is 0.666. The Morgan fingerprint density at radius 1 is 1.00 bits per heavy atom. The molecule has 1 saturated heterocycles. The molecule has 0 aromatic heterocycles. The van der Waals surface area contributed by atoms with Gasteiger partial charge < -0.3 is 15.0 Å². The first kappa shape index (κ1) is 21.7. The van der Waals surface area contributed by atoms with Crippen molar-refractivity contribution < 1.29 is 23.1 Å². The van der Waals surface area contributed by atoms with E-state index >= 15 is 0 Å². The number of carbonyl (C=O) groups excluding carboxylic acids is 2. The SMILES string of the molecule is O=C(NCCCCOc1ccc(F)cc1)C1CCCN(C(=O)c2ccc(F)cc2)C1. The van der Waals surface area contributed by atoms with Crippen LogP contribution in [0.3, 0.4) is 0 Å². The maximum absolute atomic E-state index is 13.1. The monoisotopic (exact) mass is 416 g/mol. The first-order valence-electron chi connectivity index (χ1n) is 10.2. The van der Waals surface area contributed by atoms with Crippen LogP contribution in [-0.4, -0.2) is 43.0 Å². The lowest BCUT2D eigenvalue weighted by atomic mass is 9.96. The smallest absolute Gasteiger partial charge is 0.253 e. The molecule has 0 spiro atoms. The lowest BCUT2D eigenvalue weighted by Crippen LogP contribution is -2.45. The number of carbonyl (C=O) groups is 2. The number of rotatable bonds is 8. The number of unbranched alkanes of at least 4 members (excludes halogenated alkanes) is 1. The third-order valence-corrected chi connectivity index (χ3v) is 5.12. The minimum absolute atomic E-state index is 0.0499. The minimum atomic E-state index is -0.384. The number of hydrogen-bond acceptors (Lipinski definition) is 3. The normalized spacial score (nSPS) is 16.2. The molecule has 0 bridgehead atoms. The van der Waals surface area contributed by atoms with Gasteiger partial charge >= 0.3 is 0 Å². The fourth-order valence-electron chi connectivity index (χ4n) is 3.45. The van der Waals surface area contributed by atoms with E-state index in [1.807, 2.05) is 0 Å². The van der Waals surface area contributed by atoms with Crippen LogP contribution in [0.2, 0.25) is 0 Å². The topological polar surface area (TPSA) is 58.6 Å². The minimum Gasteiger partial charge on any atom is -0.494 e. The lowest BCUT2D eigenvalue weighted by Gasteiger charge is -2.32. The first-order valence-corrected chi connectivity index (χ1v) is 10.2. The van der Waals surface area contributed by atoms with Gasteiger partial charge in [-0.2, -0.15) is 0 Å². The number of halogens is 2. The van der Waals surface area contributed by atoms with Gasteiger partial charge in [0.2, 0.25) is 5.91 Å². The molecule has 7 heteroatoms. The van der Waals surface area contributed by atoms with E-state index in [1.165, 1.54) is 36.4 Å². The molecule has 1 heterocycles. The van der Waals surface area contributed by atoms with Gasteiger partial charge in [-0.15, -0.1) is 0 Å². The molecule has 0 saturated carbocycles. The Morgan fingerprint density at radius 3 is 2.37 bits per heavy atom. The Hall–Kier alpha value is -2.96. The molecule has 0 radical (unpaired) electrons. The number of benzene rings is 2. The predicted octanol–water partition coefficient (Wildman–Crippen LogP) is 3.79. The summed E-state index contributed by atoms with van der Waals surface area (Å²) in [5.74, 6) is -0.528. The van der Waals surface area contributed by atoms with Crippen molar-refractivity contribution in [1.82, 2.24) is 10.2 Å². The molecule has 3 rings (SSSR count). The van der Waals surface area contributed by atoms with Crippen LogP contribution in [0, 0.1) is 17.6 Å². The highest BCUT2D eigenvalue weighted by atomic mass is 19.1. The van der Waals surface area contributed by atoms with Gasteiger partial charge in [0.1, 0.15) is 17.4 Å². The summed E-state index contributed by atoms with van der Waals surface area (Å²) in [6, 6.07) is 11.3.